The second kappa shape index (κ2) is 9.93. The molecule has 0 bridgehead atoms. The van der Waals surface area contributed by atoms with Crippen molar-refractivity contribution in [3.8, 4) is 5.75 Å². The number of nitrogens with zero attached hydrogens (tertiary/aromatic N) is 1. The van der Waals surface area contributed by atoms with Gasteiger partial charge in [0.15, 0.2) is 0 Å². The number of nitrogens with one attached hydrogen (secondary N) is 1. The number of likely N-dealkylation sites (tertiary alicyclic amines) is 1. The Bertz CT molecular complexity index is 1090. The Kier molecular flexibility index (Phi) is 7.06. The molecule has 0 spiro atoms. The first kappa shape index (κ1) is 24.9. The topological polar surface area (TPSA) is 61.8 Å². The molecule has 35 heavy (non-hydrogen) atoms. The van der Waals surface area contributed by atoms with Crippen molar-refractivity contribution in [3.05, 3.63) is 63.6 Å². The molecule has 2 aliphatic carbocycles. The van der Waals surface area contributed by atoms with E-state index in [1.165, 1.54) is 12.8 Å². The minimum atomic E-state index is -0.836. The lowest BCUT2D eigenvalue weighted by molar-refractivity contribution is -0.133. The zero-order valence-corrected chi connectivity index (χ0v) is 21.7. The number of benzene rings is 2. The number of amides is 1. The molecule has 2 saturated carbocycles. The minimum Gasteiger partial charge on any atom is -0.497 e. The molecule has 1 heterocycles. The van der Waals surface area contributed by atoms with Crippen LogP contribution in [-0.2, 0) is 16.6 Å². The molecule has 0 aromatic heterocycles. The summed E-state index contributed by atoms with van der Waals surface area (Å²) in [5, 5.41) is 16.4. The van der Waals surface area contributed by atoms with Crippen molar-refractivity contribution >= 4 is 29.1 Å². The average molecular weight is 517 g/mol. The van der Waals surface area contributed by atoms with E-state index in [2.05, 4.69) is 22.3 Å². The average Bonchev–Trinajstić information content (AvgIpc) is 3.65. The summed E-state index contributed by atoms with van der Waals surface area (Å²) in [5.74, 6) is 1.55. The number of aliphatic hydroxyl groups is 1. The van der Waals surface area contributed by atoms with Crippen molar-refractivity contribution in [1.82, 2.24) is 10.2 Å². The van der Waals surface area contributed by atoms with E-state index in [9.17, 15) is 9.90 Å². The molecular formula is C28H34Cl2N2O3. The van der Waals surface area contributed by atoms with Gasteiger partial charge in [0.05, 0.1) is 29.2 Å². The van der Waals surface area contributed by atoms with Gasteiger partial charge >= 0.3 is 0 Å². The molecule has 2 aromatic rings. The number of hydrogen-bond donors (Lipinski definition) is 2. The minimum absolute atomic E-state index is 0.00766. The van der Waals surface area contributed by atoms with Gasteiger partial charge in [0.2, 0.25) is 5.91 Å². The van der Waals surface area contributed by atoms with Gasteiger partial charge in [-0.25, -0.2) is 0 Å². The fraction of sp³-hybridized carbons (Fsp3) is 0.536. The number of ether oxygens (including phenoxy) is 1. The highest BCUT2D eigenvalue weighted by atomic mass is 35.5. The van der Waals surface area contributed by atoms with Crippen molar-refractivity contribution in [2.45, 2.75) is 62.0 Å². The Morgan fingerprint density at radius 2 is 1.97 bits per heavy atom. The molecular weight excluding hydrogens is 483 g/mol. The monoisotopic (exact) mass is 516 g/mol. The number of piperidine rings is 1. The molecule has 1 aliphatic heterocycles. The smallest absolute Gasteiger partial charge is 0.224 e. The first-order chi connectivity index (χ1) is 16.8. The Balaban J connectivity index is 1.36. The molecule has 1 saturated heterocycles. The molecule has 2 N–H and O–H groups in total. The van der Waals surface area contributed by atoms with Gasteiger partial charge in [-0.1, -0.05) is 41.4 Å². The van der Waals surface area contributed by atoms with Crippen LogP contribution in [0.15, 0.2) is 42.5 Å². The SMILES string of the molecule is COc1cccc(C23CCN(CC4CC4)CC2(O)CCC(NC(=O)Cc2ccc(Cl)c(Cl)c2)C3)c1. The Morgan fingerprint density at radius 1 is 1.14 bits per heavy atom. The summed E-state index contributed by atoms with van der Waals surface area (Å²) in [4.78, 5) is 15.4. The van der Waals surface area contributed by atoms with Gasteiger partial charge in [-0.2, -0.15) is 0 Å². The van der Waals surface area contributed by atoms with E-state index in [0.29, 0.717) is 29.4 Å². The van der Waals surface area contributed by atoms with Crippen molar-refractivity contribution in [3.63, 3.8) is 0 Å². The fourth-order valence-corrected chi connectivity index (χ4v) is 6.56. The summed E-state index contributed by atoms with van der Waals surface area (Å²) in [5.41, 5.74) is 0.674. The van der Waals surface area contributed by atoms with Gasteiger partial charge in [-0.3, -0.25) is 4.79 Å². The number of fused-ring (bicyclic) bond motifs is 1. The lowest BCUT2D eigenvalue weighted by Crippen LogP contribution is -2.67. The molecule has 188 valence electrons. The number of carbonyl (C=O) groups is 1. The van der Waals surface area contributed by atoms with Crippen LogP contribution in [0.3, 0.4) is 0 Å². The number of carbonyl (C=O) groups excluding carboxylic acids is 1. The highest BCUT2D eigenvalue weighted by Crippen LogP contribution is 2.52. The molecule has 5 rings (SSSR count). The second-order valence-corrected chi connectivity index (χ2v) is 11.5. The third-order valence-electron chi connectivity index (χ3n) is 8.28. The van der Waals surface area contributed by atoms with Crippen molar-refractivity contribution < 1.29 is 14.6 Å². The molecule has 0 radical (unpaired) electrons. The van der Waals surface area contributed by atoms with Crippen molar-refractivity contribution in [2.24, 2.45) is 5.92 Å². The van der Waals surface area contributed by atoms with E-state index in [1.54, 1.807) is 19.2 Å². The molecule has 1 amide bonds. The van der Waals surface area contributed by atoms with Crippen LogP contribution in [-0.4, -0.2) is 54.3 Å². The second-order valence-electron chi connectivity index (χ2n) is 10.7. The molecule has 3 fully saturated rings. The molecule has 3 aliphatic rings. The van der Waals surface area contributed by atoms with E-state index in [4.69, 9.17) is 27.9 Å². The van der Waals surface area contributed by atoms with Crippen LogP contribution < -0.4 is 10.1 Å². The first-order valence-corrected chi connectivity index (χ1v) is 13.4. The lowest BCUT2D eigenvalue weighted by atomic mass is 9.55. The normalized spacial score (nSPS) is 28.9. The zero-order valence-electron chi connectivity index (χ0n) is 20.2. The maximum atomic E-state index is 13.0. The highest BCUT2D eigenvalue weighted by molar-refractivity contribution is 6.42. The Morgan fingerprint density at radius 3 is 2.71 bits per heavy atom. The quantitative estimate of drug-likeness (QED) is 0.543. The van der Waals surface area contributed by atoms with Crippen LogP contribution in [0.5, 0.6) is 5.75 Å². The van der Waals surface area contributed by atoms with Crippen molar-refractivity contribution in [2.75, 3.05) is 26.7 Å². The predicted octanol–water partition coefficient (Wildman–Crippen LogP) is 5.00. The maximum Gasteiger partial charge on any atom is 0.224 e. The number of rotatable bonds is 7. The van der Waals surface area contributed by atoms with Gasteiger partial charge in [0.25, 0.3) is 0 Å². The highest BCUT2D eigenvalue weighted by Gasteiger charge is 2.57. The lowest BCUT2D eigenvalue weighted by Gasteiger charge is -2.58. The summed E-state index contributed by atoms with van der Waals surface area (Å²) in [6.07, 6.45) is 5.85. The summed E-state index contributed by atoms with van der Waals surface area (Å²) < 4.78 is 5.53. The third-order valence-corrected chi connectivity index (χ3v) is 9.02. The maximum absolute atomic E-state index is 13.0. The Hall–Kier alpha value is -1.79. The van der Waals surface area contributed by atoms with Crippen LogP contribution in [0.25, 0.3) is 0 Å². The van der Waals surface area contributed by atoms with E-state index >= 15 is 0 Å². The van der Waals surface area contributed by atoms with Crippen LogP contribution in [0.4, 0.5) is 0 Å². The molecule has 5 nitrogen and oxygen atoms in total. The van der Waals surface area contributed by atoms with Crippen LogP contribution in [0.1, 0.15) is 49.7 Å². The summed E-state index contributed by atoms with van der Waals surface area (Å²) in [7, 11) is 1.67. The van der Waals surface area contributed by atoms with Gasteiger partial charge < -0.3 is 20.1 Å². The van der Waals surface area contributed by atoms with Crippen molar-refractivity contribution in [1.29, 1.82) is 0 Å². The molecule has 7 heteroatoms. The van der Waals surface area contributed by atoms with E-state index < -0.39 is 11.0 Å². The van der Waals surface area contributed by atoms with E-state index in [1.807, 2.05) is 18.2 Å². The van der Waals surface area contributed by atoms with E-state index in [-0.39, 0.29) is 18.4 Å². The number of methoxy groups -OCH3 is 1. The third kappa shape index (κ3) is 5.20. The van der Waals surface area contributed by atoms with Crippen LogP contribution in [0, 0.1) is 5.92 Å². The molecule has 3 atom stereocenters. The van der Waals surface area contributed by atoms with Crippen LogP contribution in [0.2, 0.25) is 10.0 Å². The predicted molar refractivity (Wildman–Crippen MR) is 139 cm³/mol. The van der Waals surface area contributed by atoms with Gasteiger partial charge in [0, 0.05) is 24.5 Å². The van der Waals surface area contributed by atoms with Gasteiger partial charge in [-0.15, -0.1) is 0 Å². The zero-order chi connectivity index (χ0) is 24.6. The molecule has 2 aromatic carbocycles. The number of halogens is 2. The summed E-state index contributed by atoms with van der Waals surface area (Å²) in [6, 6.07) is 13.4. The fourth-order valence-electron chi connectivity index (χ4n) is 6.24. The number of hydrogen-bond acceptors (Lipinski definition) is 4. The van der Waals surface area contributed by atoms with Gasteiger partial charge in [0.1, 0.15) is 5.75 Å². The van der Waals surface area contributed by atoms with E-state index in [0.717, 1.165) is 48.7 Å². The largest absolute Gasteiger partial charge is 0.497 e. The molecule has 3 unspecified atom stereocenters. The van der Waals surface area contributed by atoms with Crippen LogP contribution >= 0.6 is 23.2 Å². The summed E-state index contributed by atoms with van der Waals surface area (Å²) >= 11 is 12.2. The Labute approximate surface area is 217 Å². The van der Waals surface area contributed by atoms with Gasteiger partial charge in [-0.05, 0) is 86.4 Å². The first-order valence-electron chi connectivity index (χ1n) is 12.6. The number of β-amino-alcohol motifs (C(OH)–C–C–N with tert-alkyl or cyclic N) is 1. The summed E-state index contributed by atoms with van der Waals surface area (Å²) in [6.45, 7) is 2.73. The standard InChI is InChI=1S/C28H34Cl2N2O3/c1-35-23-4-2-3-21(15-23)27-11-12-32(17-19-5-6-19)18-28(27,34)10-9-22(16-27)31-26(33)14-20-7-8-24(29)25(30)13-20/h2-4,7-8,13,15,19,22,34H,5-6,9-12,14,16-18H2,1H3,(H,31,33).